The van der Waals surface area contributed by atoms with Gasteiger partial charge in [0.05, 0.1) is 0 Å². The number of anilines is 1. The van der Waals surface area contributed by atoms with E-state index in [1.165, 1.54) is 5.69 Å². The first kappa shape index (κ1) is 8.53. The number of aromatic nitrogens is 1. The van der Waals surface area contributed by atoms with E-state index >= 15 is 0 Å². The Bertz CT molecular complexity index is 237. The lowest BCUT2D eigenvalue weighted by molar-refractivity contribution is 0.963. The zero-order valence-electron chi connectivity index (χ0n) is 6.71. The second-order valence-electron chi connectivity index (χ2n) is 2.35. The summed E-state index contributed by atoms with van der Waals surface area (Å²) >= 11 is 3.32. The Morgan fingerprint density at radius 1 is 1.64 bits per heavy atom. The second-order valence-corrected chi connectivity index (χ2v) is 3.16. The van der Waals surface area contributed by atoms with E-state index in [0.717, 1.165) is 11.1 Å². The van der Waals surface area contributed by atoms with Crippen LogP contribution in [0.15, 0.2) is 22.9 Å². The molecule has 0 atom stereocenters. The molecule has 1 aromatic rings. The highest BCUT2D eigenvalue weighted by atomic mass is 79.9. The van der Waals surface area contributed by atoms with Crippen molar-refractivity contribution < 1.29 is 0 Å². The Labute approximate surface area is 75.4 Å². The molecule has 1 aromatic heterocycles. The van der Waals surface area contributed by atoms with Gasteiger partial charge in [-0.1, -0.05) is 0 Å². The Hall–Kier alpha value is -0.570. The topological polar surface area (TPSA) is 16.1 Å². The molecule has 0 N–H and O–H groups in total. The van der Waals surface area contributed by atoms with Crippen LogP contribution < -0.4 is 4.90 Å². The van der Waals surface area contributed by atoms with Crippen molar-refractivity contribution in [3.8, 4) is 0 Å². The van der Waals surface area contributed by atoms with Crippen LogP contribution in [0.2, 0.25) is 0 Å². The van der Waals surface area contributed by atoms with Gasteiger partial charge in [0.25, 0.3) is 0 Å². The number of hydrogen-bond acceptors (Lipinski definition) is 2. The Kier molecular flexibility index (Phi) is 2.88. The van der Waals surface area contributed by atoms with Crippen molar-refractivity contribution >= 4 is 21.6 Å². The number of halogens is 1. The summed E-state index contributed by atoms with van der Waals surface area (Å²) < 4.78 is 0.885. The maximum absolute atomic E-state index is 4.05. The highest BCUT2D eigenvalue weighted by molar-refractivity contribution is 9.10. The van der Waals surface area contributed by atoms with Gasteiger partial charge >= 0.3 is 0 Å². The highest BCUT2D eigenvalue weighted by Crippen LogP contribution is 2.15. The van der Waals surface area contributed by atoms with Crippen molar-refractivity contribution in [2.24, 2.45) is 0 Å². The molecular weight excluding hydrogens is 204 g/mol. The number of nitrogens with zero attached hydrogens (tertiary/aromatic N) is 2. The van der Waals surface area contributed by atoms with Crippen LogP contribution in [0.3, 0.4) is 0 Å². The molecule has 11 heavy (non-hydrogen) atoms. The van der Waals surface area contributed by atoms with E-state index in [2.05, 4.69) is 39.8 Å². The van der Waals surface area contributed by atoms with E-state index in [1.807, 2.05) is 12.1 Å². The van der Waals surface area contributed by atoms with Crippen LogP contribution in [0.4, 0.5) is 5.69 Å². The number of hydrogen-bond donors (Lipinski definition) is 0. The van der Waals surface area contributed by atoms with Gasteiger partial charge in [0, 0.05) is 25.5 Å². The maximum atomic E-state index is 4.05. The summed E-state index contributed by atoms with van der Waals surface area (Å²) in [5, 5.41) is 0. The third-order valence-electron chi connectivity index (χ3n) is 1.63. The molecule has 0 fully saturated rings. The van der Waals surface area contributed by atoms with Gasteiger partial charge in [-0.05, 0) is 35.0 Å². The summed E-state index contributed by atoms with van der Waals surface area (Å²) in [7, 11) is 2.06. The summed E-state index contributed by atoms with van der Waals surface area (Å²) in [6.45, 7) is 3.13. The molecule has 0 saturated heterocycles. The minimum Gasteiger partial charge on any atom is -0.375 e. The molecule has 0 unspecified atom stereocenters. The number of rotatable bonds is 2. The monoisotopic (exact) mass is 214 g/mol. The Morgan fingerprint density at radius 3 is 2.91 bits per heavy atom. The standard InChI is InChI=1S/C8H11BrN2/c1-3-11(2)7-4-5-10-8(9)6-7/h4-6H,3H2,1-2H3. The van der Waals surface area contributed by atoms with E-state index in [0.29, 0.717) is 0 Å². The van der Waals surface area contributed by atoms with Crippen LogP contribution in [0, 0.1) is 0 Å². The SMILES string of the molecule is CCN(C)c1ccnc(Br)c1. The predicted molar refractivity (Wildman–Crippen MR) is 50.9 cm³/mol. The molecule has 0 saturated carbocycles. The van der Waals surface area contributed by atoms with E-state index in [9.17, 15) is 0 Å². The summed E-state index contributed by atoms with van der Waals surface area (Å²) in [4.78, 5) is 6.21. The Balaban J connectivity index is 2.86. The first-order chi connectivity index (χ1) is 5.24. The van der Waals surface area contributed by atoms with Crippen molar-refractivity contribution in [1.82, 2.24) is 4.98 Å². The highest BCUT2D eigenvalue weighted by Gasteiger charge is 1.97. The zero-order chi connectivity index (χ0) is 8.27. The van der Waals surface area contributed by atoms with E-state index < -0.39 is 0 Å². The first-order valence-corrected chi connectivity index (χ1v) is 4.36. The van der Waals surface area contributed by atoms with Crippen molar-refractivity contribution in [2.45, 2.75) is 6.92 Å². The third kappa shape index (κ3) is 2.19. The maximum Gasteiger partial charge on any atom is 0.108 e. The normalized spacial score (nSPS) is 9.73. The summed E-state index contributed by atoms with van der Waals surface area (Å²) in [5.41, 5.74) is 1.19. The van der Waals surface area contributed by atoms with Gasteiger partial charge < -0.3 is 4.90 Å². The smallest absolute Gasteiger partial charge is 0.108 e. The minimum atomic E-state index is 0.885. The summed E-state index contributed by atoms with van der Waals surface area (Å²) in [5.74, 6) is 0. The fraction of sp³-hybridized carbons (Fsp3) is 0.375. The van der Waals surface area contributed by atoms with Crippen molar-refractivity contribution in [2.75, 3.05) is 18.5 Å². The molecule has 0 aromatic carbocycles. The molecule has 0 radical (unpaired) electrons. The van der Waals surface area contributed by atoms with Crippen molar-refractivity contribution in [1.29, 1.82) is 0 Å². The predicted octanol–water partition coefficient (Wildman–Crippen LogP) is 2.30. The van der Waals surface area contributed by atoms with Crippen LogP contribution in [-0.2, 0) is 0 Å². The molecule has 0 aliphatic rings. The molecule has 2 nitrogen and oxygen atoms in total. The quantitative estimate of drug-likeness (QED) is 0.703. The summed E-state index contributed by atoms with van der Waals surface area (Å²) in [6, 6.07) is 4.00. The number of pyridine rings is 1. The average Bonchev–Trinajstić information content (AvgIpc) is 2.03. The zero-order valence-corrected chi connectivity index (χ0v) is 8.30. The van der Waals surface area contributed by atoms with E-state index in [4.69, 9.17) is 0 Å². The van der Waals surface area contributed by atoms with Gasteiger partial charge in [-0.2, -0.15) is 0 Å². The molecule has 0 aliphatic carbocycles. The van der Waals surface area contributed by atoms with Crippen molar-refractivity contribution in [3.05, 3.63) is 22.9 Å². The van der Waals surface area contributed by atoms with Crippen LogP contribution in [0.25, 0.3) is 0 Å². The molecule has 0 amide bonds. The van der Waals surface area contributed by atoms with Gasteiger partial charge in [-0.25, -0.2) is 4.98 Å². The van der Waals surface area contributed by atoms with Crippen LogP contribution in [-0.4, -0.2) is 18.6 Å². The lowest BCUT2D eigenvalue weighted by atomic mass is 10.4. The average molecular weight is 215 g/mol. The van der Waals surface area contributed by atoms with Gasteiger partial charge in [0.15, 0.2) is 0 Å². The van der Waals surface area contributed by atoms with Gasteiger partial charge in [-0.15, -0.1) is 0 Å². The molecular formula is C8H11BrN2. The van der Waals surface area contributed by atoms with Gasteiger partial charge in [0.1, 0.15) is 4.60 Å². The Morgan fingerprint density at radius 2 is 2.36 bits per heavy atom. The van der Waals surface area contributed by atoms with Crippen LogP contribution in [0.5, 0.6) is 0 Å². The van der Waals surface area contributed by atoms with E-state index in [-0.39, 0.29) is 0 Å². The third-order valence-corrected chi connectivity index (χ3v) is 2.06. The van der Waals surface area contributed by atoms with Crippen molar-refractivity contribution in [3.63, 3.8) is 0 Å². The van der Waals surface area contributed by atoms with Gasteiger partial charge in [0.2, 0.25) is 0 Å². The largest absolute Gasteiger partial charge is 0.375 e. The molecule has 60 valence electrons. The van der Waals surface area contributed by atoms with Gasteiger partial charge in [-0.3, -0.25) is 0 Å². The minimum absolute atomic E-state index is 0.885. The second kappa shape index (κ2) is 3.72. The molecule has 3 heteroatoms. The lowest BCUT2D eigenvalue weighted by Crippen LogP contribution is -2.15. The summed E-state index contributed by atoms with van der Waals surface area (Å²) in [6.07, 6.45) is 1.80. The van der Waals surface area contributed by atoms with Crippen LogP contribution >= 0.6 is 15.9 Å². The first-order valence-electron chi connectivity index (χ1n) is 3.56. The van der Waals surface area contributed by atoms with E-state index in [1.54, 1.807) is 6.20 Å². The fourth-order valence-electron chi connectivity index (χ4n) is 0.812. The molecule has 0 aliphatic heterocycles. The molecule has 1 rings (SSSR count). The fourth-order valence-corrected chi connectivity index (χ4v) is 1.17. The molecule has 0 spiro atoms. The molecule has 0 bridgehead atoms. The molecule has 1 heterocycles. The van der Waals surface area contributed by atoms with Crippen LogP contribution in [0.1, 0.15) is 6.92 Å². The lowest BCUT2D eigenvalue weighted by Gasteiger charge is -2.15.